The first-order valence-corrected chi connectivity index (χ1v) is 8.11. The average molecular weight is 323 g/mol. The Morgan fingerprint density at radius 2 is 2.14 bits per heavy atom. The summed E-state index contributed by atoms with van der Waals surface area (Å²) in [6, 6.07) is 5.68. The fraction of sp³-hybridized carbons (Fsp3) is 0.357. The minimum absolute atomic E-state index is 0.0863. The van der Waals surface area contributed by atoms with Gasteiger partial charge in [-0.15, -0.1) is 10.2 Å². The lowest BCUT2D eigenvalue weighted by Gasteiger charge is -2.13. The maximum atomic E-state index is 12.3. The van der Waals surface area contributed by atoms with Crippen molar-refractivity contribution in [2.45, 2.75) is 30.4 Å². The Hall–Kier alpha value is -1.60. The highest BCUT2D eigenvalue weighted by molar-refractivity contribution is 8.02. The number of carbonyl (C=O) groups excluding carboxylic acids is 1. The summed E-state index contributed by atoms with van der Waals surface area (Å²) in [4.78, 5) is 12.3. The van der Waals surface area contributed by atoms with E-state index in [0.29, 0.717) is 11.4 Å². The number of nitrogens with zero attached hydrogens (tertiary/aromatic N) is 2. The fourth-order valence-corrected chi connectivity index (χ4v) is 3.64. The molecule has 0 aliphatic carbocycles. The summed E-state index contributed by atoms with van der Waals surface area (Å²) < 4.78 is 6.06. The van der Waals surface area contributed by atoms with E-state index in [1.807, 2.05) is 39.0 Å². The third kappa shape index (κ3) is 4.18. The van der Waals surface area contributed by atoms with Crippen LogP contribution in [-0.2, 0) is 4.79 Å². The maximum Gasteiger partial charge on any atom is 0.237 e. The number of rotatable bonds is 5. The third-order valence-corrected chi connectivity index (χ3v) is 4.79. The summed E-state index contributed by atoms with van der Waals surface area (Å²) in [5.41, 5.74) is 1.74. The highest BCUT2D eigenvalue weighted by Gasteiger charge is 2.18. The van der Waals surface area contributed by atoms with E-state index in [9.17, 15) is 4.79 Å². The van der Waals surface area contributed by atoms with Crippen LogP contribution in [0.2, 0.25) is 0 Å². The quantitative estimate of drug-likeness (QED) is 0.856. The number of nitrogens with one attached hydrogen (secondary N) is 1. The zero-order chi connectivity index (χ0) is 15.4. The van der Waals surface area contributed by atoms with Crippen molar-refractivity contribution in [3.63, 3.8) is 0 Å². The van der Waals surface area contributed by atoms with Gasteiger partial charge in [-0.25, -0.2) is 0 Å². The topological polar surface area (TPSA) is 64.1 Å². The first-order chi connectivity index (χ1) is 9.99. The maximum absolute atomic E-state index is 12.3. The molecule has 112 valence electrons. The second-order valence-electron chi connectivity index (χ2n) is 4.54. The van der Waals surface area contributed by atoms with Gasteiger partial charge >= 0.3 is 0 Å². The number of ether oxygens (including phenoxy) is 1. The Kier molecular flexibility index (Phi) is 5.19. The van der Waals surface area contributed by atoms with Crippen LogP contribution in [0.4, 0.5) is 5.69 Å². The molecule has 0 spiro atoms. The van der Waals surface area contributed by atoms with Crippen LogP contribution in [0.1, 0.15) is 17.5 Å². The van der Waals surface area contributed by atoms with E-state index in [2.05, 4.69) is 15.5 Å². The smallest absolute Gasteiger partial charge is 0.237 e. The summed E-state index contributed by atoms with van der Waals surface area (Å²) in [6.07, 6.45) is 0. The Balaban J connectivity index is 2.05. The van der Waals surface area contributed by atoms with Crippen LogP contribution in [0.15, 0.2) is 22.5 Å². The minimum Gasteiger partial charge on any atom is -0.495 e. The molecule has 1 aromatic heterocycles. The van der Waals surface area contributed by atoms with Crippen LogP contribution < -0.4 is 10.1 Å². The summed E-state index contributed by atoms with van der Waals surface area (Å²) in [6.45, 7) is 5.71. The molecular weight excluding hydrogens is 306 g/mol. The van der Waals surface area contributed by atoms with Gasteiger partial charge in [0.05, 0.1) is 18.0 Å². The number of amides is 1. The number of aromatic nitrogens is 2. The van der Waals surface area contributed by atoms with Gasteiger partial charge in [0.2, 0.25) is 5.91 Å². The number of carbonyl (C=O) groups is 1. The molecule has 0 saturated heterocycles. The minimum atomic E-state index is -0.262. The molecule has 1 amide bonds. The molecule has 2 rings (SSSR count). The van der Waals surface area contributed by atoms with Crippen LogP contribution in [0.25, 0.3) is 0 Å². The molecule has 0 bridgehead atoms. The number of methoxy groups -OCH3 is 1. The molecule has 1 aromatic carbocycles. The van der Waals surface area contributed by atoms with E-state index in [1.54, 1.807) is 7.11 Å². The van der Waals surface area contributed by atoms with E-state index in [0.717, 1.165) is 14.9 Å². The number of benzene rings is 1. The molecule has 1 heterocycles. The number of hydrogen-bond donors (Lipinski definition) is 1. The van der Waals surface area contributed by atoms with Gasteiger partial charge in [-0.05, 0) is 38.5 Å². The standard InChI is InChI=1S/C14H17N3O2S2/c1-8-5-6-12(19-4)11(7-8)15-13(18)9(2)20-14-17-16-10(3)21-14/h5-7,9H,1-4H3,(H,15,18). The van der Waals surface area contributed by atoms with Gasteiger partial charge in [-0.1, -0.05) is 29.2 Å². The van der Waals surface area contributed by atoms with Crippen molar-refractivity contribution in [1.29, 1.82) is 0 Å². The molecule has 5 nitrogen and oxygen atoms in total. The van der Waals surface area contributed by atoms with Crippen LogP contribution in [0, 0.1) is 13.8 Å². The van der Waals surface area contributed by atoms with Gasteiger partial charge in [-0.2, -0.15) is 0 Å². The van der Waals surface area contributed by atoms with Crippen LogP contribution in [0.3, 0.4) is 0 Å². The predicted octanol–water partition coefficient (Wildman–Crippen LogP) is 3.28. The summed E-state index contributed by atoms with van der Waals surface area (Å²) in [7, 11) is 1.59. The lowest BCUT2D eigenvalue weighted by atomic mass is 10.2. The largest absolute Gasteiger partial charge is 0.495 e. The van der Waals surface area contributed by atoms with Gasteiger partial charge in [0.15, 0.2) is 4.34 Å². The molecular formula is C14H17N3O2S2. The fourth-order valence-electron chi connectivity index (χ4n) is 1.68. The van der Waals surface area contributed by atoms with Gasteiger partial charge in [0, 0.05) is 0 Å². The van der Waals surface area contributed by atoms with E-state index in [1.165, 1.54) is 23.1 Å². The molecule has 7 heteroatoms. The van der Waals surface area contributed by atoms with E-state index in [-0.39, 0.29) is 11.2 Å². The Morgan fingerprint density at radius 3 is 2.76 bits per heavy atom. The van der Waals surface area contributed by atoms with Crippen molar-refractivity contribution in [3.05, 3.63) is 28.8 Å². The lowest BCUT2D eigenvalue weighted by molar-refractivity contribution is -0.115. The summed E-state index contributed by atoms with van der Waals surface area (Å²) in [5, 5.41) is 11.5. The van der Waals surface area contributed by atoms with Gasteiger partial charge < -0.3 is 10.1 Å². The van der Waals surface area contributed by atoms with E-state index < -0.39 is 0 Å². The monoisotopic (exact) mass is 323 g/mol. The Labute approximate surface area is 132 Å². The van der Waals surface area contributed by atoms with Crippen molar-refractivity contribution < 1.29 is 9.53 Å². The SMILES string of the molecule is COc1ccc(C)cc1NC(=O)C(C)Sc1nnc(C)s1. The highest BCUT2D eigenvalue weighted by atomic mass is 32.2. The molecule has 0 saturated carbocycles. The average Bonchev–Trinajstić information content (AvgIpc) is 2.84. The molecule has 0 aliphatic rings. The van der Waals surface area contributed by atoms with Crippen molar-refractivity contribution in [3.8, 4) is 5.75 Å². The van der Waals surface area contributed by atoms with Gasteiger partial charge in [0.1, 0.15) is 10.8 Å². The first kappa shape index (κ1) is 15.8. The number of thioether (sulfide) groups is 1. The van der Waals surface area contributed by atoms with E-state index >= 15 is 0 Å². The van der Waals surface area contributed by atoms with Crippen molar-refractivity contribution in [2.75, 3.05) is 12.4 Å². The van der Waals surface area contributed by atoms with Crippen LogP contribution in [0.5, 0.6) is 5.75 Å². The second kappa shape index (κ2) is 6.91. The summed E-state index contributed by atoms with van der Waals surface area (Å²) in [5.74, 6) is 0.565. The lowest BCUT2D eigenvalue weighted by Crippen LogP contribution is -2.22. The molecule has 2 aromatic rings. The molecule has 21 heavy (non-hydrogen) atoms. The predicted molar refractivity (Wildman–Crippen MR) is 86.3 cm³/mol. The Morgan fingerprint density at radius 1 is 1.38 bits per heavy atom. The molecule has 0 fully saturated rings. The van der Waals surface area contributed by atoms with Crippen molar-refractivity contribution in [1.82, 2.24) is 10.2 Å². The normalized spacial score (nSPS) is 12.0. The Bertz CT molecular complexity index is 643. The zero-order valence-corrected chi connectivity index (χ0v) is 14.0. The number of anilines is 1. The van der Waals surface area contributed by atoms with Gasteiger partial charge in [-0.3, -0.25) is 4.79 Å². The van der Waals surface area contributed by atoms with Crippen molar-refractivity contribution >= 4 is 34.7 Å². The molecule has 1 N–H and O–H groups in total. The van der Waals surface area contributed by atoms with E-state index in [4.69, 9.17) is 4.74 Å². The highest BCUT2D eigenvalue weighted by Crippen LogP contribution is 2.29. The first-order valence-electron chi connectivity index (χ1n) is 6.42. The number of aryl methyl sites for hydroxylation is 2. The molecule has 0 aliphatic heterocycles. The number of hydrogen-bond acceptors (Lipinski definition) is 6. The summed E-state index contributed by atoms with van der Waals surface area (Å²) >= 11 is 2.89. The van der Waals surface area contributed by atoms with Gasteiger partial charge in [0.25, 0.3) is 0 Å². The third-order valence-electron chi connectivity index (χ3n) is 2.77. The zero-order valence-electron chi connectivity index (χ0n) is 12.3. The van der Waals surface area contributed by atoms with Crippen molar-refractivity contribution in [2.24, 2.45) is 0 Å². The van der Waals surface area contributed by atoms with Crippen LogP contribution >= 0.6 is 23.1 Å². The molecule has 1 unspecified atom stereocenters. The molecule has 0 radical (unpaired) electrons. The molecule has 1 atom stereocenters. The second-order valence-corrected chi connectivity index (χ2v) is 7.31. The van der Waals surface area contributed by atoms with Crippen LogP contribution in [-0.4, -0.2) is 28.5 Å².